The van der Waals surface area contributed by atoms with E-state index in [1.165, 1.54) is 4.57 Å². The quantitative estimate of drug-likeness (QED) is 0.750. The molecule has 1 aromatic heterocycles. The maximum Gasteiger partial charge on any atom is 0.257 e. The number of amides is 1. The minimum Gasteiger partial charge on any atom is -0.503 e. The maximum atomic E-state index is 13.8. The molecule has 0 radical (unpaired) electrons. The lowest BCUT2D eigenvalue weighted by Gasteiger charge is -2.40. The smallest absolute Gasteiger partial charge is 0.257 e. The van der Waals surface area contributed by atoms with E-state index in [0.29, 0.717) is 25.2 Å². The van der Waals surface area contributed by atoms with Gasteiger partial charge < -0.3 is 19.7 Å². The van der Waals surface area contributed by atoms with Gasteiger partial charge in [-0.15, -0.1) is 0 Å². The third-order valence-electron chi connectivity index (χ3n) is 6.25. The number of nitrogens with one attached hydrogen (secondary N) is 1. The molecule has 1 unspecified atom stereocenters. The summed E-state index contributed by atoms with van der Waals surface area (Å²) in [5.74, 6) is -5.79. The van der Waals surface area contributed by atoms with E-state index in [2.05, 4.69) is 5.32 Å². The molecule has 170 valence electrons. The van der Waals surface area contributed by atoms with Crippen LogP contribution in [0.3, 0.4) is 0 Å². The minimum atomic E-state index is -1.19. The van der Waals surface area contributed by atoms with E-state index < -0.39 is 69.5 Å². The Balaban J connectivity index is 1.66. The number of Topliss-reactive ketones (excluding diaryl/α,β-unsaturated/α-hetero) is 1. The highest BCUT2D eigenvalue weighted by molar-refractivity contribution is 6.03. The van der Waals surface area contributed by atoms with Crippen LogP contribution >= 0.6 is 0 Å². The van der Waals surface area contributed by atoms with Crippen molar-refractivity contribution in [1.82, 2.24) is 9.88 Å². The molecular formula is C22H21F3N2O5. The van der Waals surface area contributed by atoms with Crippen LogP contribution in [0.15, 0.2) is 23.1 Å². The van der Waals surface area contributed by atoms with Gasteiger partial charge >= 0.3 is 0 Å². The van der Waals surface area contributed by atoms with Gasteiger partial charge in [-0.1, -0.05) is 6.42 Å². The van der Waals surface area contributed by atoms with Gasteiger partial charge in [0.15, 0.2) is 11.5 Å². The molecule has 2 atom stereocenters. The van der Waals surface area contributed by atoms with Gasteiger partial charge in [0.2, 0.25) is 5.43 Å². The fourth-order valence-electron chi connectivity index (χ4n) is 4.33. The molecule has 7 nitrogen and oxygen atoms in total. The highest BCUT2D eigenvalue weighted by Gasteiger charge is 2.49. The van der Waals surface area contributed by atoms with Crippen LogP contribution in [0.25, 0.3) is 0 Å². The average Bonchev–Trinajstić information content (AvgIpc) is 2.92. The number of carbonyl (C=O) groups is 2. The number of ether oxygens (including phenoxy) is 1. The Bertz CT molecular complexity index is 1160. The molecule has 2 aliphatic heterocycles. The molecule has 32 heavy (non-hydrogen) atoms. The van der Waals surface area contributed by atoms with E-state index in [4.69, 9.17) is 4.74 Å². The number of carbonyl (C=O) groups excluding carboxylic acids is 2. The van der Waals surface area contributed by atoms with Gasteiger partial charge in [-0.25, -0.2) is 13.2 Å². The van der Waals surface area contributed by atoms with Crippen molar-refractivity contribution in [2.45, 2.75) is 45.4 Å². The highest BCUT2D eigenvalue weighted by Crippen LogP contribution is 2.42. The zero-order valence-corrected chi connectivity index (χ0v) is 17.2. The Morgan fingerprint density at radius 1 is 1.25 bits per heavy atom. The van der Waals surface area contributed by atoms with Gasteiger partial charge in [-0.3, -0.25) is 14.4 Å². The first kappa shape index (κ1) is 22.1. The van der Waals surface area contributed by atoms with E-state index >= 15 is 0 Å². The number of rotatable bonds is 3. The molecule has 0 aliphatic carbocycles. The number of aromatic hydroxyl groups is 1. The van der Waals surface area contributed by atoms with Crippen molar-refractivity contribution in [3.05, 3.63) is 62.8 Å². The SMILES string of the molecule is CC12CCCCO[C@@H]1Cn1cc(C(=O)NCc3c(F)cc(F)cc3F)c(=O)c(O)c1C2=O. The van der Waals surface area contributed by atoms with Crippen molar-refractivity contribution < 1.29 is 32.6 Å². The number of halogens is 3. The molecular weight excluding hydrogens is 429 g/mol. The van der Waals surface area contributed by atoms with Gasteiger partial charge in [-0.05, 0) is 19.8 Å². The second-order valence-corrected chi connectivity index (χ2v) is 8.32. The van der Waals surface area contributed by atoms with Crippen LogP contribution in [0.2, 0.25) is 0 Å². The van der Waals surface area contributed by atoms with Crippen LogP contribution in [-0.4, -0.2) is 34.1 Å². The normalized spacial score (nSPS) is 22.6. The van der Waals surface area contributed by atoms with Crippen molar-refractivity contribution in [3.63, 3.8) is 0 Å². The summed E-state index contributed by atoms with van der Waals surface area (Å²) >= 11 is 0. The Morgan fingerprint density at radius 3 is 2.62 bits per heavy atom. The van der Waals surface area contributed by atoms with E-state index in [0.717, 1.165) is 19.0 Å². The zero-order valence-electron chi connectivity index (χ0n) is 17.2. The van der Waals surface area contributed by atoms with Crippen LogP contribution in [-0.2, 0) is 17.8 Å². The van der Waals surface area contributed by atoms with Crippen LogP contribution in [0.5, 0.6) is 5.75 Å². The lowest BCUT2D eigenvalue weighted by molar-refractivity contribution is -0.0284. The summed E-state index contributed by atoms with van der Waals surface area (Å²) in [4.78, 5) is 38.4. The van der Waals surface area contributed by atoms with Crippen LogP contribution < -0.4 is 10.7 Å². The van der Waals surface area contributed by atoms with Crippen LogP contribution in [0.1, 0.15) is 52.6 Å². The van der Waals surface area contributed by atoms with Gasteiger partial charge in [0.25, 0.3) is 5.91 Å². The van der Waals surface area contributed by atoms with Crippen LogP contribution in [0, 0.1) is 22.9 Å². The molecule has 1 fully saturated rings. The number of aromatic nitrogens is 1. The van der Waals surface area contributed by atoms with E-state index in [1.54, 1.807) is 6.92 Å². The molecule has 0 saturated carbocycles. The predicted octanol–water partition coefficient (Wildman–Crippen LogP) is 2.67. The summed E-state index contributed by atoms with van der Waals surface area (Å²) in [6.45, 7) is 1.71. The van der Waals surface area contributed by atoms with Gasteiger partial charge in [0, 0.05) is 37.0 Å². The first-order chi connectivity index (χ1) is 15.1. The monoisotopic (exact) mass is 450 g/mol. The van der Waals surface area contributed by atoms with Crippen molar-refractivity contribution in [2.75, 3.05) is 6.61 Å². The summed E-state index contributed by atoms with van der Waals surface area (Å²) in [5, 5.41) is 12.7. The number of ketones is 1. The van der Waals surface area contributed by atoms with E-state index in [-0.39, 0.29) is 12.2 Å². The highest BCUT2D eigenvalue weighted by atomic mass is 19.1. The maximum absolute atomic E-state index is 13.8. The Labute approximate surface area is 180 Å². The standard InChI is InChI=1S/C22H21F3N2O5/c1-22-4-2-3-5-32-16(22)10-27-9-13(18(28)19(29)17(27)20(22)30)21(31)26-8-12-14(24)6-11(23)7-15(12)25/h6-7,9,16,29H,2-5,8,10H2,1H3,(H,26,31)/t16-,22?/m1/s1. The third-order valence-corrected chi connectivity index (χ3v) is 6.25. The number of pyridine rings is 1. The fraction of sp³-hybridized carbons (Fsp3) is 0.409. The number of hydrogen-bond acceptors (Lipinski definition) is 5. The van der Waals surface area contributed by atoms with E-state index in [9.17, 15) is 32.7 Å². The second kappa shape index (κ2) is 8.09. The van der Waals surface area contributed by atoms with Crippen LogP contribution in [0.4, 0.5) is 13.2 Å². The lowest BCUT2D eigenvalue weighted by atomic mass is 9.72. The van der Waals surface area contributed by atoms with Gasteiger partial charge in [-0.2, -0.15) is 0 Å². The van der Waals surface area contributed by atoms with Crippen molar-refractivity contribution in [3.8, 4) is 5.75 Å². The zero-order chi connectivity index (χ0) is 23.2. The van der Waals surface area contributed by atoms with Gasteiger partial charge in [0.1, 0.15) is 28.7 Å². The summed E-state index contributed by atoms with van der Waals surface area (Å²) in [6.07, 6.45) is 2.73. The van der Waals surface area contributed by atoms with E-state index in [1.807, 2.05) is 0 Å². The molecule has 2 N–H and O–H groups in total. The fourth-order valence-corrected chi connectivity index (χ4v) is 4.33. The number of fused-ring (bicyclic) bond motifs is 2. The molecule has 1 aromatic carbocycles. The first-order valence-electron chi connectivity index (χ1n) is 10.2. The summed E-state index contributed by atoms with van der Waals surface area (Å²) < 4.78 is 47.8. The van der Waals surface area contributed by atoms with Crippen molar-refractivity contribution in [2.24, 2.45) is 5.41 Å². The predicted molar refractivity (Wildman–Crippen MR) is 106 cm³/mol. The molecule has 0 bridgehead atoms. The Kier molecular flexibility index (Phi) is 5.58. The number of nitrogens with zero attached hydrogens (tertiary/aromatic N) is 1. The van der Waals surface area contributed by atoms with Crippen molar-refractivity contribution >= 4 is 11.7 Å². The summed E-state index contributed by atoms with van der Waals surface area (Å²) in [7, 11) is 0. The molecule has 3 heterocycles. The lowest BCUT2D eigenvalue weighted by Crippen LogP contribution is -2.49. The first-order valence-corrected chi connectivity index (χ1v) is 10.2. The molecule has 1 amide bonds. The molecule has 4 rings (SSSR count). The molecule has 1 saturated heterocycles. The largest absolute Gasteiger partial charge is 0.503 e. The minimum absolute atomic E-state index is 0.146. The molecule has 0 spiro atoms. The Hall–Kier alpha value is -3.14. The van der Waals surface area contributed by atoms with Gasteiger partial charge in [0.05, 0.1) is 18.1 Å². The molecule has 10 heteroatoms. The third kappa shape index (κ3) is 3.58. The average molecular weight is 450 g/mol. The summed E-state index contributed by atoms with van der Waals surface area (Å²) in [5.41, 5.74) is -3.24. The number of benzene rings is 1. The number of hydrogen-bond donors (Lipinski definition) is 2. The van der Waals surface area contributed by atoms with Crippen molar-refractivity contribution in [1.29, 1.82) is 0 Å². The molecule has 2 aromatic rings. The second-order valence-electron chi connectivity index (χ2n) is 8.32. The molecule has 2 aliphatic rings. The topological polar surface area (TPSA) is 97.6 Å². The Morgan fingerprint density at radius 2 is 1.94 bits per heavy atom. The summed E-state index contributed by atoms with van der Waals surface area (Å²) in [6, 6.07) is 0.944.